The van der Waals surface area contributed by atoms with Gasteiger partial charge in [0.2, 0.25) is 0 Å². The van der Waals surface area contributed by atoms with Crippen LogP contribution in [-0.2, 0) is 4.74 Å². The van der Waals surface area contributed by atoms with Crippen LogP contribution in [0.3, 0.4) is 0 Å². The van der Waals surface area contributed by atoms with Crippen molar-refractivity contribution in [3.05, 3.63) is 0 Å². The number of nitrogens with one attached hydrogen (secondary N) is 1. The summed E-state index contributed by atoms with van der Waals surface area (Å²) in [5.41, 5.74) is 0.486. The van der Waals surface area contributed by atoms with E-state index in [4.69, 9.17) is 4.74 Å². The lowest BCUT2D eigenvalue weighted by Crippen LogP contribution is -2.37. The number of hydrogen-bond donors (Lipinski definition) is 1. The van der Waals surface area contributed by atoms with Gasteiger partial charge in [-0.25, -0.2) is 0 Å². The molecule has 3 heteroatoms. The molecule has 2 aliphatic rings. The molecule has 1 aliphatic carbocycles. The third kappa shape index (κ3) is 4.64. The average Bonchev–Trinajstić information content (AvgIpc) is 3.08. The lowest BCUT2D eigenvalue weighted by atomic mass is 9.82. The van der Waals surface area contributed by atoms with Gasteiger partial charge in [0.15, 0.2) is 0 Å². The molecular formula is C13H25NOS. The van der Waals surface area contributed by atoms with Crippen molar-refractivity contribution in [1.82, 2.24) is 5.32 Å². The highest BCUT2D eigenvalue weighted by molar-refractivity contribution is 7.99. The first kappa shape index (κ1) is 12.7. The van der Waals surface area contributed by atoms with Crippen LogP contribution in [0.2, 0.25) is 0 Å². The molecule has 2 fully saturated rings. The Hall–Kier alpha value is 0.270. The molecular weight excluding hydrogens is 218 g/mol. The maximum atomic E-state index is 5.41. The Bertz CT molecular complexity index is 200. The Morgan fingerprint density at radius 1 is 1.31 bits per heavy atom. The predicted octanol–water partition coefficient (Wildman–Crippen LogP) is 2.54. The van der Waals surface area contributed by atoms with Gasteiger partial charge in [-0.3, -0.25) is 0 Å². The number of thioether (sulfide) groups is 1. The van der Waals surface area contributed by atoms with E-state index in [1.54, 1.807) is 0 Å². The van der Waals surface area contributed by atoms with Crippen LogP contribution >= 0.6 is 11.8 Å². The zero-order chi connectivity index (χ0) is 11.3. The van der Waals surface area contributed by atoms with Gasteiger partial charge in [-0.05, 0) is 42.8 Å². The normalized spacial score (nSPS) is 24.6. The Kier molecular flexibility index (Phi) is 4.98. The van der Waals surface area contributed by atoms with Gasteiger partial charge in [0.25, 0.3) is 0 Å². The molecule has 2 nitrogen and oxygen atoms in total. The van der Waals surface area contributed by atoms with Gasteiger partial charge in [-0.2, -0.15) is 11.8 Å². The van der Waals surface area contributed by atoms with Crippen molar-refractivity contribution in [1.29, 1.82) is 0 Å². The van der Waals surface area contributed by atoms with Crippen molar-refractivity contribution in [2.45, 2.75) is 32.6 Å². The van der Waals surface area contributed by atoms with Gasteiger partial charge in [0, 0.05) is 32.1 Å². The van der Waals surface area contributed by atoms with Crippen LogP contribution in [-0.4, -0.2) is 37.8 Å². The molecule has 0 unspecified atom stereocenters. The van der Waals surface area contributed by atoms with Crippen LogP contribution in [0.5, 0.6) is 0 Å². The standard InChI is InChI=1S/C13H25NOS/c1-13(4-7-15-8-5-13)11-14-6-9-16-10-12-2-3-12/h12,14H,2-11H2,1H3. The highest BCUT2D eigenvalue weighted by atomic mass is 32.2. The minimum absolute atomic E-state index is 0.486. The summed E-state index contributed by atoms with van der Waals surface area (Å²) in [5, 5.41) is 3.61. The smallest absolute Gasteiger partial charge is 0.0471 e. The van der Waals surface area contributed by atoms with Gasteiger partial charge in [0.1, 0.15) is 0 Å². The molecule has 0 amide bonds. The number of hydrogen-bond acceptors (Lipinski definition) is 3. The third-order valence-corrected chi connectivity index (χ3v) is 4.93. The van der Waals surface area contributed by atoms with Crippen molar-refractivity contribution in [3.63, 3.8) is 0 Å². The highest BCUT2D eigenvalue weighted by Gasteiger charge is 2.26. The van der Waals surface area contributed by atoms with E-state index in [0.29, 0.717) is 5.41 Å². The molecule has 0 aromatic heterocycles. The quantitative estimate of drug-likeness (QED) is 0.694. The summed E-state index contributed by atoms with van der Waals surface area (Å²) in [5.74, 6) is 3.74. The molecule has 16 heavy (non-hydrogen) atoms. The fourth-order valence-corrected chi connectivity index (χ4v) is 3.23. The van der Waals surface area contributed by atoms with E-state index in [9.17, 15) is 0 Å². The molecule has 0 atom stereocenters. The molecule has 2 rings (SSSR count). The SMILES string of the molecule is CC1(CNCCSCC2CC2)CCOCC1. The summed E-state index contributed by atoms with van der Waals surface area (Å²) in [6, 6.07) is 0. The van der Waals surface area contributed by atoms with E-state index < -0.39 is 0 Å². The molecule has 0 radical (unpaired) electrons. The van der Waals surface area contributed by atoms with Crippen molar-refractivity contribution >= 4 is 11.8 Å². The zero-order valence-corrected chi connectivity index (χ0v) is 11.3. The fraction of sp³-hybridized carbons (Fsp3) is 1.00. The Labute approximate surface area is 104 Å². The van der Waals surface area contributed by atoms with Crippen LogP contribution in [0.25, 0.3) is 0 Å². The number of ether oxygens (including phenoxy) is 1. The van der Waals surface area contributed by atoms with Crippen molar-refractivity contribution < 1.29 is 4.74 Å². The van der Waals surface area contributed by atoms with Gasteiger partial charge in [0.05, 0.1) is 0 Å². The first-order chi connectivity index (χ1) is 7.79. The molecule has 0 bridgehead atoms. The van der Waals surface area contributed by atoms with Crippen LogP contribution in [0.1, 0.15) is 32.6 Å². The fourth-order valence-electron chi connectivity index (χ4n) is 2.11. The van der Waals surface area contributed by atoms with E-state index in [1.165, 1.54) is 50.3 Å². The lowest BCUT2D eigenvalue weighted by Gasteiger charge is -2.33. The molecule has 0 spiro atoms. The summed E-state index contributed by atoms with van der Waals surface area (Å²) in [4.78, 5) is 0. The van der Waals surface area contributed by atoms with Crippen LogP contribution < -0.4 is 5.32 Å². The first-order valence-electron chi connectivity index (χ1n) is 6.65. The molecule has 1 N–H and O–H groups in total. The minimum Gasteiger partial charge on any atom is -0.381 e. The molecule has 1 aliphatic heterocycles. The largest absolute Gasteiger partial charge is 0.381 e. The van der Waals surface area contributed by atoms with Gasteiger partial charge < -0.3 is 10.1 Å². The molecule has 0 aromatic carbocycles. The average molecular weight is 243 g/mol. The second-order valence-corrected chi connectivity index (χ2v) is 6.77. The molecule has 94 valence electrons. The predicted molar refractivity (Wildman–Crippen MR) is 71.1 cm³/mol. The summed E-state index contributed by atoms with van der Waals surface area (Å²) in [6.07, 6.45) is 5.40. The summed E-state index contributed by atoms with van der Waals surface area (Å²) < 4.78 is 5.41. The highest BCUT2D eigenvalue weighted by Crippen LogP contribution is 2.32. The topological polar surface area (TPSA) is 21.3 Å². The van der Waals surface area contributed by atoms with Crippen molar-refractivity contribution in [3.8, 4) is 0 Å². The Balaban J connectivity index is 1.46. The molecule has 1 saturated heterocycles. The van der Waals surface area contributed by atoms with Crippen LogP contribution in [0, 0.1) is 11.3 Å². The first-order valence-corrected chi connectivity index (χ1v) is 7.80. The van der Waals surface area contributed by atoms with Gasteiger partial charge in [-0.1, -0.05) is 6.92 Å². The van der Waals surface area contributed by atoms with E-state index in [2.05, 4.69) is 24.0 Å². The van der Waals surface area contributed by atoms with Gasteiger partial charge >= 0.3 is 0 Å². The van der Waals surface area contributed by atoms with E-state index in [1.807, 2.05) is 0 Å². The Morgan fingerprint density at radius 2 is 2.06 bits per heavy atom. The second kappa shape index (κ2) is 6.27. The maximum Gasteiger partial charge on any atom is 0.0471 e. The zero-order valence-electron chi connectivity index (χ0n) is 10.5. The maximum absolute atomic E-state index is 5.41. The molecule has 1 heterocycles. The van der Waals surface area contributed by atoms with Crippen molar-refractivity contribution in [2.24, 2.45) is 11.3 Å². The van der Waals surface area contributed by atoms with E-state index in [0.717, 1.165) is 19.1 Å². The lowest BCUT2D eigenvalue weighted by molar-refractivity contribution is 0.0244. The van der Waals surface area contributed by atoms with E-state index >= 15 is 0 Å². The van der Waals surface area contributed by atoms with E-state index in [-0.39, 0.29) is 0 Å². The molecule has 1 saturated carbocycles. The second-order valence-electron chi connectivity index (χ2n) is 5.62. The van der Waals surface area contributed by atoms with Crippen LogP contribution in [0.15, 0.2) is 0 Å². The summed E-state index contributed by atoms with van der Waals surface area (Å²) in [6.45, 7) is 6.64. The van der Waals surface area contributed by atoms with Crippen molar-refractivity contribution in [2.75, 3.05) is 37.8 Å². The van der Waals surface area contributed by atoms with Gasteiger partial charge in [-0.15, -0.1) is 0 Å². The monoisotopic (exact) mass is 243 g/mol. The third-order valence-electron chi connectivity index (χ3n) is 3.73. The summed E-state index contributed by atoms with van der Waals surface area (Å²) in [7, 11) is 0. The number of rotatable bonds is 7. The summed E-state index contributed by atoms with van der Waals surface area (Å²) >= 11 is 2.12. The Morgan fingerprint density at radius 3 is 2.75 bits per heavy atom. The molecule has 0 aromatic rings. The minimum atomic E-state index is 0.486. The van der Waals surface area contributed by atoms with Crippen LogP contribution in [0.4, 0.5) is 0 Å².